The third kappa shape index (κ3) is 5.56. The van der Waals surface area contributed by atoms with Crippen molar-refractivity contribution in [2.75, 3.05) is 6.61 Å². The van der Waals surface area contributed by atoms with Crippen LogP contribution in [0.1, 0.15) is 59.9 Å². The Bertz CT molecular complexity index is 1890. The maximum absolute atomic E-state index is 13.7. The molecule has 42 heavy (non-hydrogen) atoms. The van der Waals surface area contributed by atoms with E-state index in [4.69, 9.17) is 9.57 Å². The topological polar surface area (TPSA) is 104 Å². The van der Waals surface area contributed by atoms with Crippen LogP contribution in [0.25, 0.3) is 32.6 Å². The molecule has 5 aromatic rings. The molecule has 4 aromatic carbocycles. The molecule has 5 rings (SSSR count). The molecule has 0 amide bonds. The fourth-order valence-electron chi connectivity index (χ4n) is 5.25. The van der Waals surface area contributed by atoms with E-state index in [1.54, 1.807) is 19.1 Å². The molecule has 0 atom stereocenters. The van der Waals surface area contributed by atoms with Gasteiger partial charge in [-0.3, -0.25) is 14.4 Å². The molecule has 0 radical (unpaired) electrons. The summed E-state index contributed by atoms with van der Waals surface area (Å²) in [7, 11) is 0. The van der Waals surface area contributed by atoms with Crippen molar-refractivity contribution < 1.29 is 28.8 Å². The highest BCUT2D eigenvalue weighted by Gasteiger charge is 2.21. The Balaban J connectivity index is 1.58. The average Bonchev–Trinajstić information content (AvgIpc) is 3.32. The predicted molar refractivity (Wildman–Crippen MR) is 162 cm³/mol. The number of esters is 1. The molecule has 0 aliphatic rings. The number of Topliss-reactive ketones (excluding diaryl/α,β-unsaturated/α-hetero) is 1. The van der Waals surface area contributed by atoms with E-state index in [0.29, 0.717) is 23.2 Å². The number of aryl methyl sites for hydroxylation is 1. The van der Waals surface area contributed by atoms with Gasteiger partial charge in [0, 0.05) is 58.4 Å². The molecule has 0 saturated carbocycles. The van der Waals surface area contributed by atoms with E-state index in [9.17, 15) is 19.2 Å². The minimum Gasteiger partial charge on any atom is -0.466 e. The number of ketones is 2. The lowest BCUT2D eigenvalue weighted by molar-refractivity contribution is -0.143. The highest BCUT2D eigenvalue weighted by Crippen LogP contribution is 2.32. The molecule has 0 bridgehead atoms. The zero-order valence-corrected chi connectivity index (χ0v) is 23.7. The van der Waals surface area contributed by atoms with E-state index in [1.807, 2.05) is 73.7 Å². The maximum Gasteiger partial charge on any atom is 0.331 e. The van der Waals surface area contributed by atoms with E-state index in [-0.39, 0.29) is 30.9 Å². The summed E-state index contributed by atoms with van der Waals surface area (Å²) in [5, 5.41) is 7.25. The maximum atomic E-state index is 13.7. The van der Waals surface area contributed by atoms with Crippen LogP contribution >= 0.6 is 0 Å². The van der Waals surface area contributed by atoms with E-state index in [1.165, 1.54) is 6.92 Å². The summed E-state index contributed by atoms with van der Waals surface area (Å²) in [4.78, 5) is 55.4. The van der Waals surface area contributed by atoms with Crippen LogP contribution in [0.4, 0.5) is 0 Å². The smallest absolute Gasteiger partial charge is 0.331 e. The van der Waals surface area contributed by atoms with Crippen molar-refractivity contribution in [2.24, 2.45) is 5.16 Å². The summed E-state index contributed by atoms with van der Waals surface area (Å²) in [6.07, 6.45) is -0.139. The van der Waals surface area contributed by atoms with Gasteiger partial charge in [0.25, 0.3) is 0 Å². The monoisotopic (exact) mass is 562 g/mol. The molecule has 1 heterocycles. The Morgan fingerprint density at radius 1 is 0.762 bits per heavy atom. The van der Waals surface area contributed by atoms with Gasteiger partial charge in [-0.1, -0.05) is 47.6 Å². The standard InChI is InChI=1S/C34H30N2O6/c1-4-36-30-16-13-23(33(39)26-12-8-10-22-9-6-7-11-25(22)26)19-27(30)28-20-24(14-17-31(28)36)34(40)29(35-42-21(3)37)15-18-32(38)41-5-2/h6-14,16-17,19-20H,4-5,15,18H2,1-3H3/b35-29-. The van der Waals surface area contributed by atoms with Crippen LogP contribution in [0.2, 0.25) is 0 Å². The van der Waals surface area contributed by atoms with Crippen molar-refractivity contribution in [1.29, 1.82) is 0 Å². The lowest BCUT2D eigenvalue weighted by Crippen LogP contribution is -2.18. The van der Waals surface area contributed by atoms with Crippen molar-refractivity contribution in [1.82, 2.24) is 4.57 Å². The van der Waals surface area contributed by atoms with Crippen molar-refractivity contribution >= 4 is 61.8 Å². The van der Waals surface area contributed by atoms with E-state index < -0.39 is 17.7 Å². The van der Waals surface area contributed by atoms with Crippen LogP contribution in [0, 0.1) is 0 Å². The zero-order chi connectivity index (χ0) is 29.8. The molecule has 0 unspecified atom stereocenters. The number of nitrogens with zero attached hydrogens (tertiary/aromatic N) is 2. The Kier molecular flexibility index (Phi) is 8.24. The molecule has 0 N–H and O–H groups in total. The van der Waals surface area contributed by atoms with Gasteiger partial charge in [-0.05, 0) is 61.0 Å². The number of carbonyl (C=O) groups is 4. The van der Waals surface area contributed by atoms with Crippen molar-refractivity contribution in [3.63, 3.8) is 0 Å². The van der Waals surface area contributed by atoms with Crippen molar-refractivity contribution in [3.05, 3.63) is 95.6 Å². The number of hydrogen-bond acceptors (Lipinski definition) is 7. The highest BCUT2D eigenvalue weighted by molar-refractivity contribution is 6.46. The Labute approximate surface area is 242 Å². The summed E-state index contributed by atoms with van der Waals surface area (Å²) in [5.74, 6) is -1.72. The van der Waals surface area contributed by atoms with Crippen LogP contribution in [0.15, 0.2) is 84.0 Å². The first-order valence-electron chi connectivity index (χ1n) is 13.9. The summed E-state index contributed by atoms with van der Waals surface area (Å²) in [5.41, 5.74) is 3.25. The third-order valence-corrected chi connectivity index (χ3v) is 7.16. The molecule has 8 nitrogen and oxygen atoms in total. The molecule has 0 spiro atoms. The first-order valence-corrected chi connectivity index (χ1v) is 13.9. The summed E-state index contributed by atoms with van der Waals surface area (Å²) < 4.78 is 7.09. The van der Waals surface area contributed by atoms with Crippen LogP contribution in [-0.2, 0) is 25.7 Å². The first kappa shape index (κ1) is 28.4. The van der Waals surface area contributed by atoms with Gasteiger partial charge in [-0.25, -0.2) is 4.79 Å². The van der Waals surface area contributed by atoms with Gasteiger partial charge in [0.05, 0.1) is 13.0 Å². The third-order valence-electron chi connectivity index (χ3n) is 7.16. The average molecular weight is 563 g/mol. The van der Waals surface area contributed by atoms with Crippen LogP contribution in [0.5, 0.6) is 0 Å². The molecule has 0 fully saturated rings. The van der Waals surface area contributed by atoms with Crippen molar-refractivity contribution in [2.45, 2.75) is 40.2 Å². The molecule has 0 saturated heterocycles. The molecule has 0 aliphatic carbocycles. The highest BCUT2D eigenvalue weighted by atomic mass is 16.7. The molecule has 212 valence electrons. The quantitative estimate of drug-likeness (QED) is 0.0621. The number of oxime groups is 1. The molecule has 1 aromatic heterocycles. The number of ether oxygens (including phenoxy) is 1. The number of carbonyl (C=O) groups excluding carboxylic acids is 4. The van der Waals surface area contributed by atoms with Crippen LogP contribution < -0.4 is 0 Å². The minimum atomic E-state index is -0.679. The fourth-order valence-corrected chi connectivity index (χ4v) is 5.25. The summed E-state index contributed by atoms with van der Waals surface area (Å²) in [6, 6.07) is 24.4. The number of fused-ring (bicyclic) bond motifs is 4. The first-order chi connectivity index (χ1) is 20.3. The van der Waals surface area contributed by atoms with Gasteiger partial charge < -0.3 is 14.1 Å². The molecular weight excluding hydrogens is 532 g/mol. The van der Waals surface area contributed by atoms with Gasteiger partial charge in [0.2, 0.25) is 5.78 Å². The Morgan fingerprint density at radius 3 is 2.12 bits per heavy atom. The van der Waals surface area contributed by atoms with Gasteiger partial charge in [0.1, 0.15) is 5.71 Å². The Morgan fingerprint density at radius 2 is 1.43 bits per heavy atom. The largest absolute Gasteiger partial charge is 0.466 e. The second-order valence-corrected chi connectivity index (χ2v) is 9.82. The van der Waals surface area contributed by atoms with Crippen LogP contribution in [-0.4, -0.2) is 40.4 Å². The second kappa shape index (κ2) is 12.2. The fraction of sp³-hybridized carbons (Fsp3) is 0.206. The van der Waals surface area contributed by atoms with Gasteiger partial charge in [0.15, 0.2) is 5.78 Å². The number of aromatic nitrogens is 1. The Hall–Kier alpha value is -5.11. The number of hydrogen-bond donors (Lipinski definition) is 0. The lowest BCUT2D eigenvalue weighted by atomic mass is 9.96. The summed E-state index contributed by atoms with van der Waals surface area (Å²) in [6.45, 7) is 5.81. The predicted octanol–water partition coefficient (Wildman–Crippen LogP) is 6.64. The molecule has 8 heteroatoms. The number of benzene rings is 4. The molecule has 0 aliphatic heterocycles. The van der Waals surface area contributed by atoms with E-state index >= 15 is 0 Å². The summed E-state index contributed by atoms with van der Waals surface area (Å²) >= 11 is 0. The van der Waals surface area contributed by atoms with Gasteiger partial charge in [-0.2, -0.15) is 0 Å². The normalized spacial score (nSPS) is 11.6. The van der Waals surface area contributed by atoms with E-state index in [2.05, 4.69) is 9.72 Å². The van der Waals surface area contributed by atoms with Crippen molar-refractivity contribution in [3.8, 4) is 0 Å². The van der Waals surface area contributed by atoms with Crippen LogP contribution in [0.3, 0.4) is 0 Å². The SMILES string of the molecule is CCOC(=O)CC/C(=N/OC(C)=O)C(=O)c1ccc2c(c1)c1cc(C(=O)c3cccc4ccccc34)ccc1n2CC. The minimum absolute atomic E-state index is 0.0522. The van der Waals surface area contributed by atoms with Gasteiger partial charge >= 0.3 is 11.9 Å². The molecular formula is C34H30N2O6. The zero-order valence-electron chi connectivity index (χ0n) is 23.7. The van der Waals surface area contributed by atoms with E-state index in [0.717, 1.165) is 32.6 Å². The number of rotatable bonds is 10. The second-order valence-electron chi connectivity index (χ2n) is 9.82. The van der Waals surface area contributed by atoms with Gasteiger partial charge in [-0.15, -0.1) is 0 Å². The lowest BCUT2D eigenvalue weighted by Gasteiger charge is -2.07.